The first-order valence-electron chi connectivity index (χ1n) is 9.39. The molecule has 1 aliphatic rings. The minimum Gasteiger partial charge on any atom is -0.496 e. The van der Waals surface area contributed by atoms with Crippen molar-refractivity contribution in [2.45, 2.75) is 32.1 Å². The third-order valence-corrected chi connectivity index (χ3v) is 5.25. The van der Waals surface area contributed by atoms with Crippen molar-refractivity contribution in [1.82, 2.24) is 10.2 Å². The van der Waals surface area contributed by atoms with E-state index in [1.165, 1.54) is 0 Å². The number of aryl methyl sites for hydroxylation is 1. The number of nitriles is 1. The summed E-state index contributed by atoms with van der Waals surface area (Å²) >= 11 is 0. The van der Waals surface area contributed by atoms with Gasteiger partial charge in [-0.3, -0.25) is 5.10 Å². The molecule has 0 aliphatic carbocycles. The molecule has 4 rings (SSSR count). The molecule has 0 radical (unpaired) electrons. The van der Waals surface area contributed by atoms with Gasteiger partial charge in [-0.1, -0.05) is 43.7 Å². The number of H-pyrrole nitrogens is 1. The number of hydrogen-bond acceptors (Lipinski definition) is 5. The fourth-order valence-electron chi connectivity index (χ4n) is 3.89. The van der Waals surface area contributed by atoms with Gasteiger partial charge in [0.25, 0.3) is 0 Å². The van der Waals surface area contributed by atoms with Gasteiger partial charge < -0.3 is 15.2 Å². The lowest BCUT2D eigenvalue weighted by atomic mass is 9.81. The minimum absolute atomic E-state index is 0.105. The van der Waals surface area contributed by atoms with Gasteiger partial charge in [0.2, 0.25) is 11.8 Å². The second-order valence-electron chi connectivity index (χ2n) is 6.85. The zero-order chi connectivity index (χ0) is 19.7. The van der Waals surface area contributed by atoms with Crippen molar-refractivity contribution in [2.24, 2.45) is 5.73 Å². The number of benzene rings is 2. The largest absolute Gasteiger partial charge is 0.496 e. The van der Waals surface area contributed by atoms with E-state index >= 15 is 0 Å². The van der Waals surface area contributed by atoms with Crippen LogP contribution in [-0.2, 0) is 6.42 Å². The molecule has 3 N–H and O–H groups in total. The molecular formula is C22H22N4O2. The number of aromatic nitrogens is 2. The van der Waals surface area contributed by atoms with Gasteiger partial charge in [0.05, 0.1) is 13.0 Å². The predicted octanol–water partition coefficient (Wildman–Crippen LogP) is 4.13. The van der Waals surface area contributed by atoms with Crippen LogP contribution < -0.4 is 15.2 Å². The Morgan fingerprint density at radius 1 is 1.25 bits per heavy atom. The Bertz CT molecular complexity index is 1110. The van der Waals surface area contributed by atoms with Gasteiger partial charge in [0.1, 0.15) is 17.4 Å². The third-order valence-electron chi connectivity index (χ3n) is 5.25. The maximum Gasteiger partial charge on any atom is 0.244 e. The number of allylic oxidation sites excluding steroid dienone is 1. The van der Waals surface area contributed by atoms with Crippen LogP contribution in [0.25, 0.3) is 10.8 Å². The highest BCUT2D eigenvalue weighted by molar-refractivity contribution is 5.92. The smallest absolute Gasteiger partial charge is 0.244 e. The molecule has 3 aromatic rings. The highest BCUT2D eigenvalue weighted by Gasteiger charge is 2.35. The maximum absolute atomic E-state index is 9.87. The van der Waals surface area contributed by atoms with E-state index in [4.69, 9.17) is 15.2 Å². The van der Waals surface area contributed by atoms with Gasteiger partial charge in [0, 0.05) is 16.6 Å². The van der Waals surface area contributed by atoms with Gasteiger partial charge in [-0.15, -0.1) is 5.10 Å². The Hall–Kier alpha value is -3.46. The van der Waals surface area contributed by atoms with Gasteiger partial charge in [-0.25, -0.2) is 0 Å². The van der Waals surface area contributed by atoms with Crippen molar-refractivity contribution in [2.75, 3.05) is 7.11 Å². The highest BCUT2D eigenvalue weighted by Crippen LogP contribution is 2.46. The molecule has 142 valence electrons. The molecule has 1 aromatic heterocycles. The fraction of sp³-hybridized carbons (Fsp3) is 0.273. The Balaban J connectivity index is 1.98. The molecule has 2 heterocycles. The Kier molecular flexibility index (Phi) is 4.66. The van der Waals surface area contributed by atoms with Crippen molar-refractivity contribution in [3.8, 4) is 17.7 Å². The van der Waals surface area contributed by atoms with Crippen molar-refractivity contribution in [1.29, 1.82) is 5.26 Å². The quantitative estimate of drug-likeness (QED) is 0.700. The van der Waals surface area contributed by atoms with Crippen LogP contribution in [0.3, 0.4) is 0 Å². The average Bonchev–Trinajstić information content (AvgIpc) is 3.12. The van der Waals surface area contributed by atoms with E-state index in [-0.39, 0.29) is 11.8 Å². The van der Waals surface area contributed by atoms with Crippen molar-refractivity contribution < 1.29 is 9.47 Å². The number of aromatic amines is 1. The number of nitrogens with zero attached hydrogens (tertiary/aromatic N) is 2. The molecule has 0 bridgehead atoms. The van der Waals surface area contributed by atoms with E-state index in [2.05, 4.69) is 23.2 Å². The second-order valence-corrected chi connectivity index (χ2v) is 6.85. The van der Waals surface area contributed by atoms with Crippen LogP contribution in [0.4, 0.5) is 0 Å². The normalized spacial score (nSPS) is 15.8. The maximum atomic E-state index is 9.87. The molecule has 0 spiro atoms. The third kappa shape index (κ3) is 2.76. The predicted molar refractivity (Wildman–Crippen MR) is 107 cm³/mol. The van der Waals surface area contributed by atoms with Crippen LogP contribution in [0.1, 0.15) is 42.5 Å². The second kappa shape index (κ2) is 7.28. The van der Waals surface area contributed by atoms with Gasteiger partial charge in [-0.05, 0) is 29.9 Å². The molecule has 1 aliphatic heterocycles. The SMILES string of the molecule is CCCCc1[nH]nc2c1[C@H](c1ccc(OC)c3ccccc13)C(C#N)=C(N)O2. The molecule has 2 aromatic carbocycles. The molecule has 28 heavy (non-hydrogen) atoms. The molecule has 0 amide bonds. The summed E-state index contributed by atoms with van der Waals surface area (Å²) in [6, 6.07) is 14.2. The molecule has 0 fully saturated rings. The standard InChI is InChI=1S/C22H22N4O2/c1-3-4-9-17-20-19(16(12-23)21(24)28-22(20)26-25-17)15-10-11-18(27-2)14-8-6-5-7-13(14)15/h5-8,10-11,19H,3-4,9,24H2,1-2H3,(H,25,26)/t19-/m1/s1. The topological polar surface area (TPSA) is 97.0 Å². The number of ether oxygens (including phenoxy) is 2. The van der Waals surface area contributed by atoms with Crippen LogP contribution in [0.2, 0.25) is 0 Å². The summed E-state index contributed by atoms with van der Waals surface area (Å²) in [7, 11) is 1.66. The number of rotatable bonds is 5. The zero-order valence-electron chi connectivity index (χ0n) is 16.0. The van der Waals surface area contributed by atoms with E-state index in [0.717, 1.165) is 52.6 Å². The zero-order valence-corrected chi connectivity index (χ0v) is 16.0. The van der Waals surface area contributed by atoms with E-state index in [0.29, 0.717) is 11.5 Å². The summed E-state index contributed by atoms with van der Waals surface area (Å²) in [6.45, 7) is 2.15. The number of fused-ring (bicyclic) bond motifs is 2. The minimum atomic E-state index is -0.338. The Morgan fingerprint density at radius 2 is 2.04 bits per heavy atom. The van der Waals surface area contributed by atoms with Crippen molar-refractivity contribution >= 4 is 10.8 Å². The molecule has 0 saturated carbocycles. The number of methoxy groups -OCH3 is 1. The first kappa shape index (κ1) is 17.9. The van der Waals surface area contributed by atoms with Crippen LogP contribution in [-0.4, -0.2) is 17.3 Å². The van der Waals surface area contributed by atoms with Crippen LogP contribution in [0.15, 0.2) is 47.9 Å². The summed E-state index contributed by atoms with van der Waals surface area (Å²) in [5, 5.41) is 19.3. The van der Waals surface area contributed by atoms with Crippen LogP contribution in [0, 0.1) is 11.3 Å². The highest BCUT2D eigenvalue weighted by atomic mass is 16.5. The van der Waals surface area contributed by atoms with Crippen LogP contribution in [0.5, 0.6) is 11.6 Å². The first-order chi connectivity index (χ1) is 13.7. The van der Waals surface area contributed by atoms with E-state index in [9.17, 15) is 5.26 Å². The number of hydrogen-bond donors (Lipinski definition) is 2. The van der Waals surface area contributed by atoms with Gasteiger partial charge in [0.15, 0.2) is 0 Å². The fourth-order valence-corrected chi connectivity index (χ4v) is 3.89. The lowest BCUT2D eigenvalue weighted by Gasteiger charge is -2.25. The number of nitrogens with one attached hydrogen (secondary N) is 1. The lowest BCUT2D eigenvalue weighted by molar-refractivity contribution is 0.379. The van der Waals surface area contributed by atoms with Gasteiger partial charge >= 0.3 is 0 Å². The molecular weight excluding hydrogens is 352 g/mol. The molecule has 6 heteroatoms. The summed E-state index contributed by atoms with van der Waals surface area (Å²) < 4.78 is 11.2. The van der Waals surface area contributed by atoms with Crippen molar-refractivity contribution in [3.05, 3.63) is 64.7 Å². The van der Waals surface area contributed by atoms with E-state index in [1.54, 1.807) is 7.11 Å². The summed E-state index contributed by atoms with van der Waals surface area (Å²) in [5.41, 5.74) is 9.37. The monoisotopic (exact) mass is 374 g/mol. The number of nitrogens with two attached hydrogens (primary N) is 1. The average molecular weight is 374 g/mol. The van der Waals surface area contributed by atoms with Crippen molar-refractivity contribution in [3.63, 3.8) is 0 Å². The van der Waals surface area contributed by atoms with E-state index < -0.39 is 0 Å². The summed E-state index contributed by atoms with van der Waals surface area (Å²) in [4.78, 5) is 0. The van der Waals surface area contributed by atoms with Crippen LogP contribution >= 0.6 is 0 Å². The molecule has 0 saturated heterocycles. The lowest BCUT2D eigenvalue weighted by Crippen LogP contribution is -2.21. The molecule has 1 atom stereocenters. The van der Waals surface area contributed by atoms with E-state index in [1.807, 2.05) is 36.4 Å². The molecule has 0 unspecified atom stereocenters. The Labute approximate surface area is 163 Å². The Morgan fingerprint density at radius 3 is 2.75 bits per heavy atom. The summed E-state index contributed by atoms with van der Waals surface area (Å²) in [5.74, 6) is 1.01. The first-order valence-corrected chi connectivity index (χ1v) is 9.39. The summed E-state index contributed by atoms with van der Waals surface area (Å²) in [6.07, 6.45) is 2.92. The number of unbranched alkanes of at least 4 members (excludes halogenated alkanes) is 1. The molecule has 6 nitrogen and oxygen atoms in total. The van der Waals surface area contributed by atoms with Gasteiger partial charge in [-0.2, -0.15) is 5.26 Å².